The second kappa shape index (κ2) is 7.85. The van der Waals surface area contributed by atoms with E-state index in [1.54, 1.807) is 6.07 Å². The van der Waals surface area contributed by atoms with Crippen LogP contribution in [0, 0.1) is 5.82 Å². The molecule has 0 radical (unpaired) electrons. The minimum atomic E-state index is -0.956. The van der Waals surface area contributed by atoms with E-state index >= 15 is 0 Å². The van der Waals surface area contributed by atoms with Crippen LogP contribution in [0.15, 0.2) is 36.4 Å². The highest BCUT2D eigenvalue weighted by Crippen LogP contribution is 2.27. The highest BCUT2D eigenvalue weighted by molar-refractivity contribution is 6.30. The first-order valence-corrected chi connectivity index (χ1v) is 8.41. The molecule has 0 heterocycles. The number of ether oxygens (including phenoxy) is 2. The summed E-state index contributed by atoms with van der Waals surface area (Å²) in [6, 6.07) is 10.1. The molecule has 3 rings (SSSR count). The summed E-state index contributed by atoms with van der Waals surface area (Å²) in [5.41, 5.74) is 2.69. The van der Waals surface area contributed by atoms with Crippen LogP contribution in [0.4, 0.5) is 4.39 Å². The van der Waals surface area contributed by atoms with Crippen LogP contribution >= 0.6 is 11.6 Å². The minimum Gasteiger partial charge on any atom is -0.489 e. The number of carboxylic acids is 1. The van der Waals surface area contributed by atoms with Crippen molar-refractivity contribution in [3.63, 3.8) is 0 Å². The van der Waals surface area contributed by atoms with E-state index < -0.39 is 5.97 Å². The molecule has 0 aromatic heterocycles. The number of carboxylic acid groups (broad SMARTS) is 1. The van der Waals surface area contributed by atoms with Gasteiger partial charge < -0.3 is 14.6 Å². The lowest BCUT2D eigenvalue weighted by atomic mass is 9.89. The first kappa shape index (κ1) is 17.7. The number of aliphatic carboxylic acids is 1. The average Bonchev–Trinajstić information content (AvgIpc) is 2.60. The minimum absolute atomic E-state index is 0.0732. The van der Waals surface area contributed by atoms with Gasteiger partial charge in [-0.3, -0.25) is 0 Å². The van der Waals surface area contributed by atoms with Crippen molar-refractivity contribution >= 4 is 17.6 Å². The molecule has 2 aromatic rings. The summed E-state index contributed by atoms with van der Waals surface area (Å²) in [4.78, 5) is 10.6. The lowest BCUT2D eigenvalue weighted by Gasteiger charge is -2.24. The number of aryl methyl sites for hydroxylation is 1. The van der Waals surface area contributed by atoms with Crippen LogP contribution in [0.3, 0.4) is 0 Å². The molecule has 2 aromatic carbocycles. The Morgan fingerprint density at radius 3 is 2.88 bits per heavy atom. The zero-order valence-electron chi connectivity index (χ0n) is 13.5. The molecule has 0 aliphatic heterocycles. The van der Waals surface area contributed by atoms with Crippen molar-refractivity contribution in [1.29, 1.82) is 0 Å². The van der Waals surface area contributed by atoms with Gasteiger partial charge in [0, 0.05) is 10.6 Å². The van der Waals surface area contributed by atoms with Crippen molar-refractivity contribution < 1.29 is 23.8 Å². The predicted molar refractivity (Wildman–Crippen MR) is 91.6 cm³/mol. The number of fused-ring (bicyclic) bond motifs is 1. The summed E-state index contributed by atoms with van der Waals surface area (Å²) in [7, 11) is 0. The molecule has 25 heavy (non-hydrogen) atoms. The molecule has 4 nitrogen and oxygen atoms in total. The molecule has 0 bridgehead atoms. The molecule has 0 saturated heterocycles. The SMILES string of the molecule is O=C(O)COC1CCc2cc(OCc3cc(Cl)ccc3F)ccc2C1. The number of hydrogen-bond acceptors (Lipinski definition) is 3. The van der Waals surface area contributed by atoms with E-state index in [2.05, 4.69) is 0 Å². The molecule has 132 valence electrons. The van der Waals surface area contributed by atoms with E-state index in [0.717, 1.165) is 24.0 Å². The van der Waals surface area contributed by atoms with Crippen LogP contribution in [0.2, 0.25) is 5.02 Å². The van der Waals surface area contributed by atoms with Crippen molar-refractivity contribution in [3.05, 3.63) is 63.9 Å². The van der Waals surface area contributed by atoms with Gasteiger partial charge in [0.05, 0.1) is 6.10 Å². The third kappa shape index (κ3) is 4.71. The Bertz CT molecular complexity index is 778. The summed E-state index contributed by atoms with van der Waals surface area (Å²) >= 11 is 5.88. The molecule has 0 saturated carbocycles. The summed E-state index contributed by atoms with van der Waals surface area (Å²) < 4.78 is 24.8. The van der Waals surface area contributed by atoms with E-state index in [0.29, 0.717) is 22.8 Å². The lowest BCUT2D eigenvalue weighted by molar-refractivity contribution is -0.144. The van der Waals surface area contributed by atoms with E-state index in [4.69, 9.17) is 26.2 Å². The standard InChI is InChI=1S/C19H18ClFO4/c20-15-3-6-18(21)14(7-15)10-24-16-4-1-13-9-17(25-11-19(22)23)5-2-12(13)8-16/h1,3-4,6-8,17H,2,5,9-11H2,(H,22,23). The highest BCUT2D eigenvalue weighted by Gasteiger charge is 2.20. The zero-order chi connectivity index (χ0) is 17.8. The summed E-state index contributed by atoms with van der Waals surface area (Å²) in [5.74, 6) is -0.633. The van der Waals surface area contributed by atoms with E-state index in [9.17, 15) is 9.18 Å². The van der Waals surface area contributed by atoms with E-state index in [-0.39, 0.29) is 25.1 Å². The first-order valence-electron chi connectivity index (χ1n) is 8.03. The molecule has 1 aliphatic carbocycles. The smallest absolute Gasteiger partial charge is 0.329 e. The molecule has 1 unspecified atom stereocenters. The number of benzene rings is 2. The van der Waals surface area contributed by atoms with E-state index in [1.807, 2.05) is 18.2 Å². The van der Waals surface area contributed by atoms with Crippen molar-refractivity contribution in [3.8, 4) is 5.75 Å². The summed E-state index contributed by atoms with van der Waals surface area (Å²) in [6.07, 6.45) is 2.18. The maximum Gasteiger partial charge on any atom is 0.329 e. The Hall–Kier alpha value is -2.11. The van der Waals surface area contributed by atoms with Crippen LogP contribution in [0.5, 0.6) is 5.75 Å². The molecule has 1 atom stereocenters. The Balaban J connectivity index is 1.62. The second-order valence-electron chi connectivity index (χ2n) is 6.02. The van der Waals surface area contributed by atoms with Crippen LogP contribution < -0.4 is 4.74 Å². The van der Waals surface area contributed by atoms with Gasteiger partial charge in [0.2, 0.25) is 0 Å². The Kier molecular flexibility index (Phi) is 5.56. The van der Waals surface area contributed by atoms with Crippen molar-refractivity contribution in [2.45, 2.75) is 32.0 Å². The average molecular weight is 365 g/mol. The number of halogens is 2. The van der Waals surface area contributed by atoms with Crippen LogP contribution in [-0.2, 0) is 29.0 Å². The molecular weight excluding hydrogens is 347 g/mol. The number of hydrogen-bond donors (Lipinski definition) is 1. The fraction of sp³-hybridized carbons (Fsp3) is 0.316. The number of carbonyl (C=O) groups is 1. The van der Waals surface area contributed by atoms with Gasteiger partial charge in [0.1, 0.15) is 24.8 Å². The number of rotatable bonds is 6. The van der Waals surface area contributed by atoms with Crippen LogP contribution in [-0.4, -0.2) is 23.8 Å². The van der Waals surface area contributed by atoms with Gasteiger partial charge in [-0.2, -0.15) is 0 Å². The molecule has 0 amide bonds. The topological polar surface area (TPSA) is 55.8 Å². The van der Waals surface area contributed by atoms with Gasteiger partial charge in [-0.05, 0) is 60.7 Å². The maximum atomic E-state index is 13.7. The zero-order valence-corrected chi connectivity index (χ0v) is 14.3. The Morgan fingerprint density at radius 2 is 2.08 bits per heavy atom. The third-order valence-corrected chi connectivity index (χ3v) is 4.44. The van der Waals surface area contributed by atoms with Crippen LogP contribution in [0.25, 0.3) is 0 Å². The van der Waals surface area contributed by atoms with Gasteiger partial charge in [-0.15, -0.1) is 0 Å². The Labute approximate surface area is 150 Å². The van der Waals surface area contributed by atoms with Gasteiger partial charge in [-0.1, -0.05) is 17.7 Å². The van der Waals surface area contributed by atoms with Gasteiger partial charge >= 0.3 is 5.97 Å². The molecule has 1 N–H and O–H groups in total. The van der Waals surface area contributed by atoms with Crippen molar-refractivity contribution in [1.82, 2.24) is 0 Å². The van der Waals surface area contributed by atoms with Crippen LogP contribution in [0.1, 0.15) is 23.1 Å². The predicted octanol–water partition coefficient (Wildman–Crippen LogP) is 4.02. The van der Waals surface area contributed by atoms with Gasteiger partial charge in [0.15, 0.2) is 0 Å². The summed E-state index contributed by atoms with van der Waals surface area (Å²) in [5, 5.41) is 9.16. The molecule has 0 fully saturated rings. The molecule has 1 aliphatic rings. The van der Waals surface area contributed by atoms with Gasteiger partial charge in [0.25, 0.3) is 0 Å². The molecule has 6 heteroatoms. The Morgan fingerprint density at radius 1 is 1.24 bits per heavy atom. The van der Waals surface area contributed by atoms with Gasteiger partial charge in [-0.25, -0.2) is 9.18 Å². The fourth-order valence-corrected chi connectivity index (χ4v) is 3.13. The van der Waals surface area contributed by atoms with Crippen molar-refractivity contribution in [2.75, 3.05) is 6.61 Å². The monoisotopic (exact) mass is 364 g/mol. The maximum absolute atomic E-state index is 13.7. The normalized spacial score (nSPS) is 16.3. The molecular formula is C19H18ClFO4. The van der Waals surface area contributed by atoms with Crippen molar-refractivity contribution in [2.24, 2.45) is 0 Å². The largest absolute Gasteiger partial charge is 0.489 e. The highest BCUT2D eigenvalue weighted by atomic mass is 35.5. The lowest BCUT2D eigenvalue weighted by Crippen LogP contribution is -2.25. The van der Waals surface area contributed by atoms with E-state index in [1.165, 1.54) is 12.1 Å². The summed E-state index contributed by atoms with van der Waals surface area (Å²) in [6.45, 7) is -0.165. The second-order valence-corrected chi connectivity index (χ2v) is 6.46. The quantitative estimate of drug-likeness (QED) is 0.841. The molecule has 0 spiro atoms. The fourth-order valence-electron chi connectivity index (χ4n) is 2.93. The third-order valence-electron chi connectivity index (χ3n) is 4.21. The first-order chi connectivity index (χ1) is 12.0.